The van der Waals surface area contributed by atoms with Crippen LogP contribution in [0.3, 0.4) is 0 Å². The average Bonchev–Trinajstić information content (AvgIpc) is 2.20. The topological polar surface area (TPSA) is 23.6 Å². The van der Waals surface area contributed by atoms with E-state index in [1.165, 1.54) is 12.8 Å². The van der Waals surface area contributed by atoms with Crippen LogP contribution in [-0.2, 0) is 4.79 Å². The van der Waals surface area contributed by atoms with Crippen LogP contribution in [0.1, 0.15) is 47.5 Å². The summed E-state index contributed by atoms with van der Waals surface area (Å²) in [6, 6.07) is 0.595. The van der Waals surface area contributed by atoms with E-state index < -0.39 is 0 Å². The first-order valence-electron chi connectivity index (χ1n) is 6.95. The van der Waals surface area contributed by atoms with Crippen LogP contribution in [-0.4, -0.2) is 47.4 Å². The summed E-state index contributed by atoms with van der Waals surface area (Å²) in [5.41, 5.74) is 0. The van der Waals surface area contributed by atoms with Crippen LogP contribution in [0.2, 0.25) is 0 Å². The van der Waals surface area contributed by atoms with Gasteiger partial charge in [-0.3, -0.25) is 9.69 Å². The second kappa shape index (κ2) is 6.39. The Bertz CT molecular complexity index is 235. The first kappa shape index (κ1) is 14.5. The highest BCUT2D eigenvalue weighted by Gasteiger charge is 2.24. The van der Waals surface area contributed by atoms with Crippen molar-refractivity contribution in [3.63, 3.8) is 0 Å². The van der Waals surface area contributed by atoms with E-state index in [-0.39, 0.29) is 5.91 Å². The largest absolute Gasteiger partial charge is 0.337 e. The second-order valence-electron chi connectivity index (χ2n) is 5.95. The van der Waals surface area contributed by atoms with Gasteiger partial charge < -0.3 is 4.90 Å². The van der Waals surface area contributed by atoms with Crippen LogP contribution < -0.4 is 0 Å². The predicted octanol–water partition coefficient (Wildman–Crippen LogP) is 2.36. The summed E-state index contributed by atoms with van der Waals surface area (Å²) in [6.45, 7) is 13.4. The molecule has 0 aromatic heterocycles. The number of amides is 1. The molecule has 1 heterocycles. The van der Waals surface area contributed by atoms with Gasteiger partial charge in [-0.25, -0.2) is 0 Å². The predicted molar refractivity (Wildman–Crippen MR) is 72.0 cm³/mol. The van der Waals surface area contributed by atoms with Crippen LogP contribution in [0.25, 0.3) is 0 Å². The van der Waals surface area contributed by atoms with Crippen molar-refractivity contribution in [3.05, 3.63) is 0 Å². The van der Waals surface area contributed by atoms with Crippen molar-refractivity contribution in [2.75, 3.05) is 19.6 Å². The molecule has 1 saturated heterocycles. The molecule has 3 heteroatoms. The van der Waals surface area contributed by atoms with Gasteiger partial charge in [0.2, 0.25) is 5.91 Å². The highest BCUT2D eigenvalue weighted by Crippen LogP contribution is 2.16. The Balaban J connectivity index is 2.47. The molecule has 0 aromatic carbocycles. The third kappa shape index (κ3) is 4.30. The SMILES string of the molecule is CC1CCN(CC(=O)N(C(C)C)C(C)C)CC1. The fourth-order valence-electron chi connectivity index (χ4n) is 2.67. The molecule has 0 spiro atoms. The van der Waals surface area contributed by atoms with E-state index >= 15 is 0 Å². The molecule has 1 aliphatic rings. The first-order chi connectivity index (χ1) is 7.91. The smallest absolute Gasteiger partial charge is 0.237 e. The fraction of sp³-hybridized carbons (Fsp3) is 0.929. The van der Waals surface area contributed by atoms with Gasteiger partial charge in [0.05, 0.1) is 6.54 Å². The minimum atomic E-state index is 0.282. The molecule has 1 amide bonds. The number of rotatable bonds is 4. The Morgan fingerprint density at radius 3 is 2.06 bits per heavy atom. The molecule has 1 aliphatic heterocycles. The Kier molecular flexibility index (Phi) is 5.44. The Hall–Kier alpha value is -0.570. The summed E-state index contributed by atoms with van der Waals surface area (Å²) in [7, 11) is 0. The van der Waals surface area contributed by atoms with Gasteiger partial charge in [-0.2, -0.15) is 0 Å². The third-order valence-corrected chi connectivity index (χ3v) is 3.64. The molecule has 0 atom stereocenters. The maximum atomic E-state index is 12.3. The van der Waals surface area contributed by atoms with Crippen molar-refractivity contribution >= 4 is 5.91 Å². The number of carbonyl (C=O) groups is 1. The van der Waals surface area contributed by atoms with Crippen LogP contribution in [0, 0.1) is 5.92 Å². The number of likely N-dealkylation sites (tertiary alicyclic amines) is 1. The van der Waals surface area contributed by atoms with Crippen molar-refractivity contribution in [1.29, 1.82) is 0 Å². The highest BCUT2D eigenvalue weighted by atomic mass is 16.2. The van der Waals surface area contributed by atoms with Gasteiger partial charge >= 0.3 is 0 Å². The third-order valence-electron chi connectivity index (χ3n) is 3.64. The summed E-state index contributed by atoms with van der Waals surface area (Å²) in [5, 5.41) is 0. The Labute approximate surface area is 106 Å². The summed E-state index contributed by atoms with van der Waals surface area (Å²) < 4.78 is 0. The van der Waals surface area contributed by atoms with E-state index in [0.29, 0.717) is 18.6 Å². The van der Waals surface area contributed by atoms with Gasteiger partial charge in [0.1, 0.15) is 0 Å². The van der Waals surface area contributed by atoms with Gasteiger partial charge in [0.15, 0.2) is 0 Å². The van der Waals surface area contributed by atoms with Crippen LogP contribution in [0.4, 0.5) is 0 Å². The number of piperidine rings is 1. The zero-order valence-corrected chi connectivity index (χ0v) is 12.1. The van der Waals surface area contributed by atoms with Crippen LogP contribution in [0.5, 0.6) is 0 Å². The van der Waals surface area contributed by atoms with Crippen molar-refractivity contribution in [2.45, 2.75) is 59.5 Å². The second-order valence-corrected chi connectivity index (χ2v) is 5.95. The van der Waals surface area contributed by atoms with E-state index in [1.807, 2.05) is 4.90 Å². The molecule has 0 bridgehead atoms. The lowest BCUT2D eigenvalue weighted by Gasteiger charge is -2.35. The molecule has 0 aromatic rings. The van der Waals surface area contributed by atoms with Gasteiger partial charge in [0.25, 0.3) is 0 Å². The number of hydrogen-bond acceptors (Lipinski definition) is 2. The van der Waals surface area contributed by atoms with Crippen LogP contribution >= 0.6 is 0 Å². The maximum Gasteiger partial charge on any atom is 0.237 e. The normalized spacial score (nSPS) is 19.0. The van der Waals surface area contributed by atoms with E-state index in [2.05, 4.69) is 39.5 Å². The highest BCUT2D eigenvalue weighted by molar-refractivity contribution is 5.78. The molecule has 0 unspecified atom stereocenters. The first-order valence-corrected chi connectivity index (χ1v) is 6.95. The van der Waals surface area contributed by atoms with Gasteiger partial charge in [-0.1, -0.05) is 6.92 Å². The van der Waals surface area contributed by atoms with E-state index in [4.69, 9.17) is 0 Å². The lowest BCUT2D eigenvalue weighted by Crippen LogP contribution is -2.48. The molecule has 0 aliphatic carbocycles. The van der Waals surface area contributed by atoms with E-state index in [0.717, 1.165) is 19.0 Å². The monoisotopic (exact) mass is 240 g/mol. The van der Waals surface area contributed by atoms with Crippen molar-refractivity contribution < 1.29 is 4.79 Å². The Morgan fingerprint density at radius 2 is 1.65 bits per heavy atom. The van der Waals surface area contributed by atoms with Gasteiger partial charge in [0, 0.05) is 12.1 Å². The number of hydrogen-bond donors (Lipinski definition) is 0. The fourth-order valence-corrected chi connectivity index (χ4v) is 2.67. The zero-order chi connectivity index (χ0) is 13.0. The quantitative estimate of drug-likeness (QED) is 0.753. The average molecular weight is 240 g/mol. The summed E-state index contributed by atoms with van der Waals surface area (Å²) >= 11 is 0. The van der Waals surface area contributed by atoms with E-state index in [1.54, 1.807) is 0 Å². The zero-order valence-electron chi connectivity index (χ0n) is 12.1. The minimum Gasteiger partial charge on any atom is -0.337 e. The minimum absolute atomic E-state index is 0.282. The Morgan fingerprint density at radius 1 is 1.18 bits per heavy atom. The summed E-state index contributed by atoms with van der Waals surface area (Å²) in [5.74, 6) is 1.11. The molecule has 0 radical (unpaired) electrons. The lowest BCUT2D eigenvalue weighted by molar-refractivity contribution is -0.136. The van der Waals surface area contributed by atoms with Crippen molar-refractivity contribution in [1.82, 2.24) is 9.80 Å². The van der Waals surface area contributed by atoms with Gasteiger partial charge in [-0.05, 0) is 59.5 Å². The maximum absolute atomic E-state index is 12.3. The molecule has 17 heavy (non-hydrogen) atoms. The summed E-state index contributed by atoms with van der Waals surface area (Å²) in [4.78, 5) is 16.6. The standard InChI is InChI=1S/C14H28N2O/c1-11(2)16(12(3)4)14(17)10-15-8-6-13(5)7-9-15/h11-13H,6-10H2,1-5H3. The molecule has 0 saturated carbocycles. The molecular weight excluding hydrogens is 212 g/mol. The van der Waals surface area contributed by atoms with E-state index in [9.17, 15) is 4.79 Å². The molecular formula is C14H28N2O. The summed E-state index contributed by atoms with van der Waals surface area (Å²) in [6.07, 6.45) is 2.47. The van der Waals surface area contributed by atoms with Crippen molar-refractivity contribution in [3.8, 4) is 0 Å². The lowest BCUT2D eigenvalue weighted by atomic mass is 9.99. The van der Waals surface area contributed by atoms with Gasteiger partial charge in [-0.15, -0.1) is 0 Å². The van der Waals surface area contributed by atoms with Crippen LogP contribution in [0.15, 0.2) is 0 Å². The molecule has 3 nitrogen and oxygen atoms in total. The van der Waals surface area contributed by atoms with Crippen molar-refractivity contribution in [2.24, 2.45) is 5.92 Å². The molecule has 1 fully saturated rings. The molecule has 100 valence electrons. The molecule has 0 N–H and O–H groups in total. The number of nitrogens with zero attached hydrogens (tertiary/aromatic N) is 2. The molecule has 1 rings (SSSR count). The number of carbonyl (C=O) groups excluding carboxylic acids is 1.